The lowest BCUT2D eigenvalue weighted by atomic mass is 9.91. The molecule has 2 heterocycles. The Morgan fingerprint density at radius 1 is 1.03 bits per heavy atom. The molecule has 0 aliphatic carbocycles. The molecule has 3 aromatic rings. The number of amides is 2. The fourth-order valence-corrected chi connectivity index (χ4v) is 4.35. The number of hydrogen-bond acceptors (Lipinski definition) is 4. The lowest BCUT2D eigenvalue weighted by Gasteiger charge is -2.42. The number of rotatable bonds is 3. The molecule has 2 aliphatic heterocycles. The highest BCUT2D eigenvalue weighted by atomic mass is 19.1. The molecule has 5 rings (SSSR count). The van der Waals surface area contributed by atoms with E-state index >= 15 is 0 Å². The predicted molar refractivity (Wildman–Crippen MR) is 120 cm³/mol. The first kappa shape index (κ1) is 21.0. The Labute approximate surface area is 190 Å². The highest BCUT2D eigenvalue weighted by Gasteiger charge is 2.42. The van der Waals surface area contributed by atoms with Crippen molar-refractivity contribution < 1.29 is 23.5 Å². The van der Waals surface area contributed by atoms with E-state index in [1.165, 1.54) is 18.2 Å². The van der Waals surface area contributed by atoms with Crippen LogP contribution in [0.1, 0.15) is 33.6 Å². The summed E-state index contributed by atoms with van der Waals surface area (Å²) in [7, 11) is 0. The van der Waals surface area contributed by atoms with Gasteiger partial charge in [-0.15, -0.1) is 0 Å². The maximum atomic E-state index is 13.6. The third-order valence-electron chi connectivity index (χ3n) is 5.99. The maximum Gasteiger partial charge on any atom is 0.255 e. The van der Waals surface area contributed by atoms with Crippen LogP contribution in [-0.4, -0.2) is 41.9 Å². The zero-order valence-electron chi connectivity index (χ0n) is 17.9. The van der Waals surface area contributed by atoms with Gasteiger partial charge >= 0.3 is 0 Å². The molecular formula is C26H23FN2O4. The molecule has 0 saturated carbocycles. The molecule has 7 heteroatoms. The molecule has 0 aromatic heterocycles. The van der Waals surface area contributed by atoms with Crippen molar-refractivity contribution >= 4 is 11.8 Å². The van der Waals surface area contributed by atoms with Gasteiger partial charge in [0.15, 0.2) is 0 Å². The second kappa shape index (κ2) is 8.58. The zero-order chi connectivity index (χ0) is 22.8. The highest BCUT2D eigenvalue weighted by Crippen LogP contribution is 2.33. The summed E-state index contributed by atoms with van der Waals surface area (Å²) < 4.78 is 25.7. The summed E-state index contributed by atoms with van der Waals surface area (Å²) in [4.78, 5) is 27.4. The van der Waals surface area contributed by atoms with Crippen molar-refractivity contribution in [2.45, 2.75) is 18.4 Å². The molecule has 0 unspecified atom stereocenters. The van der Waals surface area contributed by atoms with E-state index in [0.29, 0.717) is 36.6 Å². The second-order valence-corrected chi connectivity index (χ2v) is 8.38. The van der Waals surface area contributed by atoms with E-state index in [0.717, 1.165) is 12.2 Å². The molecule has 1 N–H and O–H groups in total. The number of carbonyl (C=O) groups excluding carboxylic acids is 2. The molecule has 0 bridgehead atoms. The molecule has 1 fully saturated rings. The number of carbonyl (C=O) groups is 2. The van der Waals surface area contributed by atoms with Gasteiger partial charge in [0.2, 0.25) is 0 Å². The predicted octanol–water partition coefficient (Wildman–Crippen LogP) is 4.42. The van der Waals surface area contributed by atoms with Gasteiger partial charge in [-0.1, -0.05) is 18.2 Å². The van der Waals surface area contributed by atoms with Crippen LogP contribution in [0.3, 0.4) is 0 Å². The molecule has 1 atom stereocenters. The monoisotopic (exact) mass is 446 g/mol. The number of piperidine rings is 1. The number of likely N-dealkylation sites (tertiary alicyclic amines) is 1. The van der Waals surface area contributed by atoms with Crippen LogP contribution >= 0.6 is 0 Å². The fourth-order valence-electron chi connectivity index (χ4n) is 4.35. The third-order valence-corrected chi connectivity index (χ3v) is 5.99. The van der Waals surface area contributed by atoms with Gasteiger partial charge in [-0.05, 0) is 67.4 Å². The quantitative estimate of drug-likeness (QED) is 0.647. The summed E-state index contributed by atoms with van der Waals surface area (Å²) in [5, 5.41) is 2.83. The molecule has 2 aliphatic rings. The van der Waals surface area contributed by atoms with Crippen LogP contribution in [-0.2, 0) is 0 Å². The Hall–Kier alpha value is -3.87. The number of halogens is 1. The Morgan fingerprint density at radius 3 is 2.58 bits per heavy atom. The first-order chi connectivity index (χ1) is 16.0. The Kier molecular flexibility index (Phi) is 5.46. The van der Waals surface area contributed by atoms with E-state index in [1.54, 1.807) is 29.2 Å². The molecule has 1 spiro atoms. The summed E-state index contributed by atoms with van der Waals surface area (Å²) in [5.41, 5.74) is -0.0415. The molecule has 33 heavy (non-hydrogen) atoms. The largest absolute Gasteiger partial charge is 0.483 e. The van der Waals surface area contributed by atoms with Crippen molar-refractivity contribution in [2.75, 3.05) is 19.6 Å². The van der Waals surface area contributed by atoms with Gasteiger partial charge in [0, 0.05) is 12.1 Å². The van der Waals surface area contributed by atoms with Crippen molar-refractivity contribution in [1.29, 1.82) is 0 Å². The Bertz CT molecular complexity index is 1180. The standard InChI is InChI=1S/C26H23FN2O4/c27-19-9-12-23-22(15-19)24(30)28-16-26(33-23)13-4-14-29(17-26)25(31)18-7-10-21(11-8-18)32-20-5-2-1-3-6-20/h1-3,5-12,15H,4,13-14,16-17H2,(H,28,30)/t26-/m1/s1. The number of para-hydroxylation sites is 1. The first-order valence-electron chi connectivity index (χ1n) is 10.9. The van der Waals surface area contributed by atoms with Crippen LogP contribution in [0.25, 0.3) is 0 Å². The summed E-state index contributed by atoms with van der Waals surface area (Å²) in [5.74, 6) is 0.721. The van der Waals surface area contributed by atoms with Gasteiger partial charge in [0.1, 0.15) is 28.7 Å². The van der Waals surface area contributed by atoms with Crippen LogP contribution < -0.4 is 14.8 Å². The minimum Gasteiger partial charge on any atom is -0.483 e. The van der Waals surface area contributed by atoms with Gasteiger partial charge < -0.3 is 19.7 Å². The SMILES string of the molecule is O=C1NC[C@@]2(CCCN(C(=O)c3ccc(Oc4ccccc4)cc3)C2)Oc2ccc(F)cc21. The average Bonchev–Trinajstić information content (AvgIpc) is 2.96. The van der Waals surface area contributed by atoms with Crippen LogP contribution in [0.15, 0.2) is 72.8 Å². The molecule has 6 nitrogen and oxygen atoms in total. The van der Waals surface area contributed by atoms with Crippen LogP contribution in [0.4, 0.5) is 4.39 Å². The van der Waals surface area contributed by atoms with E-state index in [9.17, 15) is 14.0 Å². The first-order valence-corrected chi connectivity index (χ1v) is 10.9. The van der Waals surface area contributed by atoms with Gasteiger partial charge in [-0.2, -0.15) is 0 Å². The van der Waals surface area contributed by atoms with Gasteiger partial charge in [-0.3, -0.25) is 9.59 Å². The van der Waals surface area contributed by atoms with Gasteiger partial charge in [0.25, 0.3) is 11.8 Å². The molecule has 1 saturated heterocycles. The molecule has 0 radical (unpaired) electrons. The summed E-state index contributed by atoms with van der Waals surface area (Å²) in [6, 6.07) is 20.4. The van der Waals surface area contributed by atoms with Crippen LogP contribution in [0.2, 0.25) is 0 Å². The van der Waals surface area contributed by atoms with E-state index in [1.807, 2.05) is 30.3 Å². The van der Waals surface area contributed by atoms with E-state index in [-0.39, 0.29) is 23.9 Å². The average molecular weight is 446 g/mol. The van der Waals surface area contributed by atoms with Crippen LogP contribution in [0, 0.1) is 5.82 Å². The second-order valence-electron chi connectivity index (χ2n) is 8.38. The van der Waals surface area contributed by atoms with Crippen LogP contribution in [0.5, 0.6) is 17.2 Å². The molecule has 168 valence electrons. The minimum absolute atomic E-state index is 0.112. The number of benzene rings is 3. The smallest absolute Gasteiger partial charge is 0.255 e. The topological polar surface area (TPSA) is 67.9 Å². The Balaban J connectivity index is 1.32. The lowest BCUT2D eigenvalue weighted by molar-refractivity contribution is -0.000887. The normalized spacial score (nSPS) is 19.8. The Morgan fingerprint density at radius 2 is 1.79 bits per heavy atom. The molecule has 2 amide bonds. The van der Waals surface area contributed by atoms with Gasteiger partial charge in [0.05, 0.1) is 18.7 Å². The molecule has 3 aromatic carbocycles. The van der Waals surface area contributed by atoms with Crippen molar-refractivity contribution in [3.05, 3.63) is 89.7 Å². The zero-order valence-corrected chi connectivity index (χ0v) is 17.9. The lowest BCUT2D eigenvalue weighted by Crippen LogP contribution is -2.57. The number of hydrogen-bond donors (Lipinski definition) is 1. The molecular weight excluding hydrogens is 423 g/mol. The fraction of sp³-hybridized carbons (Fsp3) is 0.231. The van der Waals surface area contributed by atoms with Crippen molar-refractivity contribution in [1.82, 2.24) is 10.2 Å². The van der Waals surface area contributed by atoms with E-state index < -0.39 is 11.4 Å². The number of ether oxygens (including phenoxy) is 2. The number of nitrogens with zero attached hydrogens (tertiary/aromatic N) is 1. The number of nitrogens with one attached hydrogen (secondary N) is 1. The summed E-state index contributed by atoms with van der Waals surface area (Å²) in [6.45, 7) is 1.16. The van der Waals surface area contributed by atoms with Crippen molar-refractivity contribution in [2.24, 2.45) is 0 Å². The minimum atomic E-state index is -0.761. The van der Waals surface area contributed by atoms with Gasteiger partial charge in [-0.25, -0.2) is 4.39 Å². The van der Waals surface area contributed by atoms with E-state index in [4.69, 9.17) is 9.47 Å². The van der Waals surface area contributed by atoms with E-state index in [2.05, 4.69) is 5.32 Å². The summed E-state index contributed by atoms with van der Waals surface area (Å²) >= 11 is 0. The highest BCUT2D eigenvalue weighted by molar-refractivity contribution is 5.97. The van der Waals surface area contributed by atoms with Crippen molar-refractivity contribution in [3.63, 3.8) is 0 Å². The van der Waals surface area contributed by atoms with Crippen molar-refractivity contribution in [3.8, 4) is 17.2 Å². The number of fused-ring (bicyclic) bond motifs is 1. The maximum absolute atomic E-state index is 13.6. The third kappa shape index (κ3) is 4.39. The summed E-state index contributed by atoms with van der Waals surface area (Å²) in [6.07, 6.45) is 1.41.